The predicted molar refractivity (Wildman–Crippen MR) is 81.0 cm³/mol. The molecule has 0 fully saturated rings. The molecule has 0 aliphatic carbocycles. The number of ether oxygens (including phenoxy) is 2. The van der Waals surface area contributed by atoms with Gasteiger partial charge in [-0.05, 0) is 31.9 Å². The van der Waals surface area contributed by atoms with Crippen molar-refractivity contribution in [2.24, 2.45) is 0 Å². The molecule has 0 saturated heterocycles. The lowest BCUT2D eigenvalue weighted by Crippen LogP contribution is -2.23. The van der Waals surface area contributed by atoms with Crippen LogP contribution >= 0.6 is 0 Å². The Bertz CT molecular complexity index is 428. The Morgan fingerprint density at radius 1 is 1.10 bits per heavy atom. The molecule has 4 heteroatoms. The van der Waals surface area contributed by atoms with E-state index in [0.717, 1.165) is 19.3 Å². The molecule has 1 aromatic carbocycles. The number of unbranched alkanes of at least 4 members (excludes halogenated alkanes) is 2. The van der Waals surface area contributed by atoms with Crippen LogP contribution in [0.3, 0.4) is 0 Å². The minimum Gasteiger partial charge on any atom is -0.466 e. The summed E-state index contributed by atoms with van der Waals surface area (Å²) in [6.07, 6.45) is 3.47. The van der Waals surface area contributed by atoms with E-state index in [1.54, 1.807) is 31.2 Å². The van der Waals surface area contributed by atoms with Crippen LogP contribution in [0.25, 0.3) is 0 Å². The van der Waals surface area contributed by atoms with Gasteiger partial charge in [0.2, 0.25) is 0 Å². The highest BCUT2D eigenvalue weighted by atomic mass is 16.6. The van der Waals surface area contributed by atoms with Gasteiger partial charge in [0.05, 0.1) is 18.6 Å². The van der Waals surface area contributed by atoms with E-state index in [1.165, 1.54) is 0 Å². The molecule has 0 bridgehead atoms. The second-order valence-corrected chi connectivity index (χ2v) is 4.90. The van der Waals surface area contributed by atoms with Crippen LogP contribution in [-0.2, 0) is 14.3 Å². The van der Waals surface area contributed by atoms with Crippen LogP contribution in [0, 0.1) is 0 Å². The van der Waals surface area contributed by atoms with Crippen molar-refractivity contribution < 1.29 is 19.1 Å². The maximum absolute atomic E-state index is 12.1. The number of rotatable bonds is 9. The molecule has 0 aromatic heterocycles. The Morgan fingerprint density at radius 3 is 2.43 bits per heavy atom. The molecule has 4 nitrogen and oxygen atoms in total. The minimum absolute atomic E-state index is 0.121. The smallest absolute Gasteiger partial charge is 0.338 e. The molecule has 0 radical (unpaired) electrons. The van der Waals surface area contributed by atoms with E-state index in [-0.39, 0.29) is 18.4 Å². The molecule has 0 spiro atoms. The van der Waals surface area contributed by atoms with E-state index in [0.29, 0.717) is 18.6 Å². The van der Waals surface area contributed by atoms with Crippen molar-refractivity contribution in [3.63, 3.8) is 0 Å². The van der Waals surface area contributed by atoms with Gasteiger partial charge in [-0.2, -0.15) is 0 Å². The summed E-state index contributed by atoms with van der Waals surface area (Å²) in [4.78, 5) is 23.6. The lowest BCUT2D eigenvalue weighted by Gasteiger charge is -2.17. The summed E-state index contributed by atoms with van der Waals surface area (Å²) in [5.41, 5.74) is 0.502. The fourth-order valence-electron chi connectivity index (χ4n) is 2.02. The van der Waals surface area contributed by atoms with E-state index in [4.69, 9.17) is 9.47 Å². The fraction of sp³-hybridized carbons (Fsp3) is 0.529. The predicted octanol–water partition coefficient (Wildman–Crippen LogP) is 3.75. The van der Waals surface area contributed by atoms with Crippen molar-refractivity contribution in [3.05, 3.63) is 35.9 Å². The van der Waals surface area contributed by atoms with Gasteiger partial charge in [0, 0.05) is 0 Å². The average Bonchev–Trinajstić information content (AvgIpc) is 2.48. The van der Waals surface area contributed by atoms with Crippen LogP contribution in [0.2, 0.25) is 0 Å². The molecular weight excluding hydrogens is 268 g/mol. The summed E-state index contributed by atoms with van der Waals surface area (Å²) in [5.74, 6) is -0.707. The zero-order valence-electron chi connectivity index (χ0n) is 12.8. The van der Waals surface area contributed by atoms with Gasteiger partial charge in [-0.15, -0.1) is 0 Å². The van der Waals surface area contributed by atoms with Gasteiger partial charge >= 0.3 is 11.9 Å². The van der Waals surface area contributed by atoms with Crippen molar-refractivity contribution in [2.45, 2.75) is 52.1 Å². The van der Waals surface area contributed by atoms with Crippen LogP contribution in [0.5, 0.6) is 0 Å². The van der Waals surface area contributed by atoms with Crippen LogP contribution in [-0.4, -0.2) is 24.6 Å². The third-order valence-electron chi connectivity index (χ3n) is 3.11. The van der Waals surface area contributed by atoms with Crippen molar-refractivity contribution in [1.82, 2.24) is 0 Å². The van der Waals surface area contributed by atoms with Crippen LogP contribution < -0.4 is 0 Å². The number of hydrogen-bond donors (Lipinski definition) is 0. The summed E-state index contributed by atoms with van der Waals surface area (Å²) in [5, 5.41) is 0. The van der Waals surface area contributed by atoms with Gasteiger partial charge in [0.15, 0.2) is 0 Å². The van der Waals surface area contributed by atoms with Gasteiger partial charge in [0.1, 0.15) is 6.10 Å². The van der Waals surface area contributed by atoms with Gasteiger partial charge in [-0.1, -0.05) is 38.0 Å². The molecule has 0 heterocycles. The second-order valence-electron chi connectivity index (χ2n) is 4.90. The highest BCUT2D eigenvalue weighted by Crippen LogP contribution is 2.14. The first-order chi connectivity index (χ1) is 10.2. The van der Waals surface area contributed by atoms with Crippen LogP contribution in [0.4, 0.5) is 0 Å². The zero-order valence-corrected chi connectivity index (χ0v) is 12.8. The maximum Gasteiger partial charge on any atom is 0.338 e. The standard InChI is InChI=1S/C17H24O4/c1-3-5-7-12-15(13-16(18)20-4-2)21-17(19)14-10-8-6-9-11-14/h6,8-11,15H,3-5,7,12-13H2,1-2H3. The Kier molecular flexibility index (Phi) is 8.17. The van der Waals surface area contributed by atoms with E-state index in [1.807, 2.05) is 6.07 Å². The molecule has 21 heavy (non-hydrogen) atoms. The molecule has 0 saturated carbocycles. The zero-order chi connectivity index (χ0) is 15.5. The lowest BCUT2D eigenvalue weighted by atomic mass is 10.1. The number of carbonyl (C=O) groups is 2. The number of hydrogen-bond acceptors (Lipinski definition) is 4. The molecule has 1 unspecified atom stereocenters. The summed E-state index contributed by atoms with van der Waals surface area (Å²) in [6, 6.07) is 8.82. The van der Waals surface area contributed by atoms with Crippen LogP contribution in [0.15, 0.2) is 30.3 Å². The first kappa shape index (κ1) is 17.2. The average molecular weight is 292 g/mol. The number of benzene rings is 1. The van der Waals surface area contributed by atoms with E-state index < -0.39 is 6.10 Å². The number of carbonyl (C=O) groups excluding carboxylic acids is 2. The van der Waals surface area contributed by atoms with Crippen molar-refractivity contribution in [3.8, 4) is 0 Å². The summed E-state index contributed by atoms with van der Waals surface area (Å²) in [6.45, 7) is 4.21. The van der Waals surface area contributed by atoms with Crippen molar-refractivity contribution in [1.29, 1.82) is 0 Å². The molecule has 116 valence electrons. The fourth-order valence-corrected chi connectivity index (χ4v) is 2.02. The quantitative estimate of drug-likeness (QED) is 0.514. The Balaban J connectivity index is 2.58. The largest absolute Gasteiger partial charge is 0.466 e. The van der Waals surface area contributed by atoms with Gasteiger partial charge < -0.3 is 9.47 Å². The van der Waals surface area contributed by atoms with Crippen LogP contribution in [0.1, 0.15) is 56.3 Å². The molecule has 0 aliphatic heterocycles. The maximum atomic E-state index is 12.1. The first-order valence-electron chi connectivity index (χ1n) is 7.59. The molecule has 1 rings (SSSR count). The highest BCUT2D eigenvalue weighted by molar-refractivity contribution is 5.89. The Morgan fingerprint density at radius 2 is 1.81 bits per heavy atom. The number of esters is 2. The molecule has 1 atom stereocenters. The van der Waals surface area contributed by atoms with Crippen molar-refractivity contribution >= 4 is 11.9 Å². The Hall–Kier alpha value is -1.84. The molecule has 0 amide bonds. The molecular formula is C17H24O4. The summed E-state index contributed by atoms with van der Waals surface area (Å²) >= 11 is 0. The second kappa shape index (κ2) is 9.97. The van der Waals surface area contributed by atoms with Gasteiger partial charge in [0.25, 0.3) is 0 Å². The first-order valence-corrected chi connectivity index (χ1v) is 7.59. The normalized spacial score (nSPS) is 11.7. The van der Waals surface area contributed by atoms with Gasteiger partial charge in [-0.25, -0.2) is 4.79 Å². The third-order valence-corrected chi connectivity index (χ3v) is 3.11. The lowest BCUT2D eigenvalue weighted by molar-refractivity contribution is -0.145. The van der Waals surface area contributed by atoms with E-state index >= 15 is 0 Å². The highest BCUT2D eigenvalue weighted by Gasteiger charge is 2.19. The van der Waals surface area contributed by atoms with Gasteiger partial charge in [-0.3, -0.25) is 4.79 Å². The molecule has 0 aliphatic rings. The summed E-state index contributed by atoms with van der Waals surface area (Å²) in [7, 11) is 0. The Labute approximate surface area is 126 Å². The monoisotopic (exact) mass is 292 g/mol. The summed E-state index contributed by atoms with van der Waals surface area (Å²) < 4.78 is 10.4. The molecule has 0 N–H and O–H groups in total. The minimum atomic E-state index is -0.414. The SMILES string of the molecule is CCCCCC(CC(=O)OCC)OC(=O)c1ccccc1. The van der Waals surface area contributed by atoms with Crippen molar-refractivity contribution in [2.75, 3.05) is 6.61 Å². The molecule has 1 aromatic rings. The topological polar surface area (TPSA) is 52.6 Å². The van der Waals surface area contributed by atoms with E-state index in [9.17, 15) is 9.59 Å². The third kappa shape index (κ3) is 6.93. The van der Waals surface area contributed by atoms with E-state index in [2.05, 4.69) is 6.92 Å².